The van der Waals surface area contributed by atoms with Crippen LogP contribution < -0.4 is 10.1 Å². The number of rotatable bonds is 10. The van der Waals surface area contributed by atoms with Crippen LogP contribution in [0.15, 0.2) is 60.9 Å². The molecule has 38 heavy (non-hydrogen) atoms. The third-order valence-corrected chi connectivity index (χ3v) is 9.35. The highest BCUT2D eigenvalue weighted by molar-refractivity contribution is 5.78. The van der Waals surface area contributed by atoms with Gasteiger partial charge in [0.15, 0.2) is 0 Å². The number of hydrogen-bond acceptors (Lipinski definition) is 5. The Kier molecular flexibility index (Phi) is 7.66. The third-order valence-electron chi connectivity index (χ3n) is 9.35. The molecule has 2 aliphatic carbocycles. The Morgan fingerprint density at radius 1 is 1.16 bits per heavy atom. The predicted octanol–water partition coefficient (Wildman–Crippen LogP) is 5.71. The largest absolute Gasteiger partial charge is 0.481 e. The van der Waals surface area contributed by atoms with Gasteiger partial charge in [0, 0.05) is 55.2 Å². The first-order valence-corrected chi connectivity index (χ1v) is 14.1. The highest BCUT2D eigenvalue weighted by atomic mass is 16.5. The van der Waals surface area contributed by atoms with Crippen LogP contribution in [0.4, 0.5) is 10.5 Å². The van der Waals surface area contributed by atoms with E-state index in [1.165, 1.54) is 24.8 Å². The molecule has 204 valence electrons. The molecule has 1 aliphatic heterocycles. The number of nitrogens with zero attached hydrogens (tertiary/aromatic N) is 4. The van der Waals surface area contributed by atoms with E-state index in [1.807, 2.05) is 12.1 Å². The van der Waals surface area contributed by atoms with Gasteiger partial charge in [0.1, 0.15) is 0 Å². The lowest BCUT2D eigenvalue weighted by molar-refractivity contribution is 0.0160. The number of carbonyl (C=O) groups excluding carboxylic acids is 1. The fourth-order valence-corrected chi connectivity index (χ4v) is 6.70. The lowest BCUT2D eigenvalue weighted by atomic mass is 9.68. The summed E-state index contributed by atoms with van der Waals surface area (Å²) in [4.78, 5) is 24.8. The van der Waals surface area contributed by atoms with Crippen molar-refractivity contribution in [2.75, 3.05) is 46.2 Å². The number of hydrogen-bond donors (Lipinski definition) is 1. The monoisotopic (exact) mass is 517 g/mol. The minimum atomic E-state index is -0.0752. The second-order valence-electron chi connectivity index (χ2n) is 11.7. The average Bonchev–Trinajstić information content (AvgIpc) is 3.16. The molecule has 1 N–H and O–H groups in total. The first-order chi connectivity index (χ1) is 18.3. The zero-order valence-corrected chi connectivity index (χ0v) is 23.3. The topological polar surface area (TPSA) is 60.9 Å². The molecule has 2 aromatic rings. The van der Waals surface area contributed by atoms with Crippen molar-refractivity contribution in [1.82, 2.24) is 19.7 Å². The van der Waals surface area contributed by atoms with Gasteiger partial charge in [0.25, 0.3) is 0 Å². The summed E-state index contributed by atoms with van der Waals surface area (Å²) in [6.07, 6.45) is 10.4. The minimum absolute atomic E-state index is 0.0227. The zero-order chi connectivity index (χ0) is 26.8. The molecule has 0 atom stereocenters. The summed E-state index contributed by atoms with van der Waals surface area (Å²) in [5.74, 6) is 1.22. The number of methoxy groups -OCH3 is 1. The molecule has 1 aromatic heterocycles. The van der Waals surface area contributed by atoms with Crippen molar-refractivity contribution in [2.24, 2.45) is 5.92 Å². The maximum absolute atomic E-state index is 13.8. The van der Waals surface area contributed by atoms with Crippen molar-refractivity contribution in [3.63, 3.8) is 0 Å². The Balaban J connectivity index is 1.28. The quantitative estimate of drug-likeness (QED) is 0.437. The number of amides is 2. The maximum atomic E-state index is 13.8. The molecule has 1 spiro atoms. The van der Waals surface area contributed by atoms with E-state index in [4.69, 9.17) is 4.74 Å². The molecule has 7 heteroatoms. The summed E-state index contributed by atoms with van der Waals surface area (Å²) in [7, 11) is 6.03. The number of anilines is 1. The number of ether oxygens (including phenoxy) is 1. The molecule has 7 nitrogen and oxygen atoms in total. The molecule has 1 aromatic carbocycles. The maximum Gasteiger partial charge on any atom is 0.320 e. The van der Waals surface area contributed by atoms with E-state index in [-0.39, 0.29) is 17.1 Å². The van der Waals surface area contributed by atoms with E-state index in [9.17, 15) is 4.79 Å². The number of pyridine rings is 1. The third kappa shape index (κ3) is 5.13. The fraction of sp³-hybridized carbons (Fsp3) is 0.548. The highest BCUT2D eigenvalue weighted by Crippen LogP contribution is 2.49. The summed E-state index contributed by atoms with van der Waals surface area (Å²) in [6.45, 7) is 6.62. The number of carbonyl (C=O) groups is 1. The number of urea groups is 1. The molecule has 1 saturated heterocycles. The first-order valence-electron chi connectivity index (χ1n) is 14.1. The fourth-order valence-electron chi connectivity index (χ4n) is 6.70. The van der Waals surface area contributed by atoms with Crippen LogP contribution >= 0.6 is 0 Å². The Bertz CT molecular complexity index is 1120. The Hall–Kier alpha value is -3.06. The van der Waals surface area contributed by atoms with Gasteiger partial charge in [-0.3, -0.25) is 4.90 Å². The van der Waals surface area contributed by atoms with Crippen LogP contribution in [0.1, 0.15) is 56.9 Å². The van der Waals surface area contributed by atoms with Gasteiger partial charge in [-0.2, -0.15) is 0 Å². The van der Waals surface area contributed by atoms with E-state index in [0.29, 0.717) is 24.8 Å². The van der Waals surface area contributed by atoms with Crippen molar-refractivity contribution in [3.8, 4) is 5.88 Å². The van der Waals surface area contributed by atoms with Gasteiger partial charge >= 0.3 is 6.03 Å². The Labute approximate surface area is 227 Å². The average molecular weight is 518 g/mol. The summed E-state index contributed by atoms with van der Waals surface area (Å²) in [5, 5.41) is 3.36. The van der Waals surface area contributed by atoms with E-state index >= 15 is 0 Å². The molecule has 2 saturated carbocycles. The van der Waals surface area contributed by atoms with Gasteiger partial charge in [-0.25, -0.2) is 9.78 Å². The van der Waals surface area contributed by atoms with Gasteiger partial charge in [-0.1, -0.05) is 43.3 Å². The molecule has 3 aliphatic rings. The molecule has 0 radical (unpaired) electrons. The minimum Gasteiger partial charge on any atom is -0.481 e. The van der Waals surface area contributed by atoms with Crippen molar-refractivity contribution in [1.29, 1.82) is 0 Å². The standard InChI is InChI=1S/C31H43N5O2/c1-24(33-27-13-19-32-28(21-27)38-4)14-20-35-23-30(36(29(35)37)22-25-9-8-10-25)15-17-31(18-16-30,34(2)3)26-11-6-5-7-12-26/h5-7,11-13,19,21,25H,1,8-10,14-18,20,22-23H2,2-4H3,(H,32,33). The lowest BCUT2D eigenvalue weighted by Crippen LogP contribution is -2.56. The lowest BCUT2D eigenvalue weighted by Gasteiger charge is -2.51. The summed E-state index contributed by atoms with van der Waals surface area (Å²) in [6, 6.07) is 14.9. The van der Waals surface area contributed by atoms with E-state index in [2.05, 4.69) is 76.0 Å². The molecule has 3 fully saturated rings. The SMILES string of the molecule is C=C(CCN1CC2(CCC(c3ccccc3)(N(C)C)CC2)N(CC2CCC2)C1=O)Nc1ccnc(OC)c1. The molecule has 2 heterocycles. The van der Waals surface area contributed by atoms with Crippen LogP contribution in [0.25, 0.3) is 0 Å². The highest BCUT2D eigenvalue weighted by Gasteiger charge is 2.54. The van der Waals surface area contributed by atoms with Crippen LogP contribution in [0.5, 0.6) is 5.88 Å². The van der Waals surface area contributed by atoms with E-state index in [0.717, 1.165) is 50.2 Å². The number of aromatic nitrogens is 1. The van der Waals surface area contributed by atoms with Gasteiger partial charge in [-0.15, -0.1) is 0 Å². The summed E-state index contributed by atoms with van der Waals surface area (Å²) in [5.41, 5.74) is 3.12. The van der Waals surface area contributed by atoms with Gasteiger partial charge in [-0.05, 0) is 70.2 Å². The van der Waals surface area contributed by atoms with Crippen LogP contribution in [0.2, 0.25) is 0 Å². The molecular weight excluding hydrogens is 474 g/mol. The van der Waals surface area contributed by atoms with Crippen molar-refractivity contribution in [3.05, 3.63) is 66.5 Å². The Morgan fingerprint density at radius 3 is 2.53 bits per heavy atom. The molecule has 5 rings (SSSR count). The summed E-state index contributed by atoms with van der Waals surface area (Å²) >= 11 is 0. The number of benzene rings is 1. The van der Waals surface area contributed by atoms with E-state index in [1.54, 1.807) is 13.3 Å². The molecule has 0 unspecified atom stereocenters. The predicted molar refractivity (Wildman–Crippen MR) is 152 cm³/mol. The van der Waals surface area contributed by atoms with Crippen LogP contribution in [0.3, 0.4) is 0 Å². The second kappa shape index (κ2) is 11.0. The van der Waals surface area contributed by atoms with Crippen molar-refractivity contribution >= 4 is 11.7 Å². The smallest absolute Gasteiger partial charge is 0.320 e. The first kappa shape index (κ1) is 26.5. The second-order valence-corrected chi connectivity index (χ2v) is 11.7. The Morgan fingerprint density at radius 2 is 1.89 bits per heavy atom. The van der Waals surface area contributed by atoms with Gasteiger partial charge in [0.05, 0.1) is 12.6 Å². The van der Waals surface area contributed by atoms with Crippen LogP contribution in [-0.4, -0.2) is 72.1 Å². The van der Waals surface area contributed by atoms with Gasteiger partial charge in [0.2, 0.25) is 5.88 Å². The number of nitrogens with one attached hydrogen (secondary N) is 1. The van der Waals surface area contributed by atoms with Crippen LogP contribution in [0, 0.1) is 5.92 Å². The van der Waals surface area contributed by atoms with Gasteiger partial charge < -0.3 is 19.9 Å². The normalized spacial score (nSPS) is 25.6. The zero-order valence-electron chi connectivity index (χ0n) is 23.3. The summed E-state index contributed by atoms with van der Waals surface area (Å²) < 4.78 is 5.23. The molecule has 2 amide bonds. The van der Waals surface area contributed by atoms with E-state index < -0.39 is 0 Å². The van der Waals surface area contributed by atoms with Crippen molar-refractivity contribution < 1.29 is 9.53 Å². The molecular formula is C31H43N5O2. The molecule has 0 bridgehead atoms. The van der Waals surface area contributed by atoms with Crippen molar-refractivity contribution in [2.45, 2.75) is 62.4 Å². The van der Waals surface area contributed by atoms with Crippen LogP contribution in [-0.2, 0) is 5.54 Å².